The lowest BCUT2D eigenvalue weighted by Crippen LogP contribution is -2.57. The fourth-order valence-electron chi connectivity index (χ4n) is 3.06. The van der Waals surface area contributed by atoms with Gasteiger partial charge in [0, 0.05) is 18.9 Å². The van der Waals surface area contributed by atoms with Gasteiger partial charge in [0.25, 0.3) is 5.91 Å². The number of nitrogens with one attached hydrogen (secondary N) is 1. The number of nitrogens with zero attached hydrogens (tertiary/aromatic N) is 2. The molecule has 0 atom stereocenters. The van der Waals surface area contributed by atoms with Crippen LogP contribution in [0.2, 0.25) is 0 Å². The number of aryl methyl sites for hydroxylation is 1. The number of carbonyl (C=O) groups excluding carboxylic acids is 1. The number of morpholine rings is 1. The van der Waals surface area contributed by atoms with Gasteiger partial charge in [-0.1, -0.05) is 0 Å². The molecule has 124 valence electrons. The number of ether oxygens (including phenoxy) is 1. The van der Waals surface area contributed by atoms with Crippen molar-refractivity contribution in [1.29, 1.82) is 0 Å². The second-order valence-electron chi connectivity index (χ2n) is 5.70. The monoisotopic (exact) mass is 347 g/mol. The maximum atomic E-state index is 12.7. The second kappa shape index (κ2) is 8.11. The van der Waals surface area contributed by atoms with Gasteiger partial charge in [0.05, 0.1) is 24.3 Å². The zero-order chi connectivity index (χ0) is 14.0. The third-order valence-electron chi connectivity index (χ3n) is 4.32. The van der Waals surface area contributed by atoms with E-state index in [2.05, 4.69) is 10.3 Å². The fraction of sp³-hybridized carbons (Fsp3) is 0.600. The predicted octanol–water partition coefficient (Wildman–Crippen LogP) is 1.83. The van der Waals surface area contributed by atoms with Crippen molar-refractivity contribution in [3.05, 3.63) is 29.6 Å². The average molecular weight is 348 g/mol. The number of aromatic nitrogens is 1. The topological polar surface area (TPSA) is 54.5 Å². The van der Waals surface area contributed by atoms with Crippen molar-refractivity contribution in [2.24, 2.45) is 0 Å². The van der Waals surface area contributed by atoms with Crippen molar-refractivity contribution in [3.8, 4) is 0 Å². The summed E-state index contributed by atoms with van der Waals surface area (Å²) in [5.74, 6) is 0.0804. The summed E-state index contributed by atoms with van der Waals surface area (Å²) < 4.78 is 6.00. The Morgan fingerprint density at radius 3 is 2.77 bits per heavy atom. The van der Waals surface area contributed by atoms with Crippen molar-refractivity contribution in [3.63, 3.8) is 0 Å². The minimum atomic E-state index is -0.144. The average Bonchev–Trinajstić information content (AvgIpc) is 2.48. The molecule has 2 fully saturated rings. The number of amides is 1. The van der Waals surface area contributed by atoms with Crippen LogP contribution in [0.1, 0.15) is 28.8 Å². The maximum absolute atomic E-state index is 12.7. The number of halogens is 2. The van der Waals surface area contributed by atoms with Gasteiger partial charge in [-0.05, 0) is 44.5 Å². The van der Waals surface area contributed by atoms with Gasteiger partial charge in [-0.15, -0.1) is 24.8 Å². The molecule has 0 unspecified atom stereocenters. The molecule has 22 heavy (non-hydrogen) atoms. The Hall–Kier alpha value is -0.880. The van der Waals surface area contributed by atoms with Crippen LogP contribution in [0.15, 0.2) is 18.5 Å². The van der Waals surface area contributed by atoms with Gasteiger partial charge in [0.2, 0.25) is 0 Å². The van der Waals surface area contributed by atoms with Crippen molar-refractivity contribution in [2.75, 3.05) is 32.8 Å². The number of hydrogen-bond acceptors (Lipinski definition) is 4. The van der Waals surface area contributed by atoms with Crippen LogP contribution < -0.4 is 5.32 Å². The molecule has 7 heteroatoms. The molecule has 0 bridgehead atoms. The molecule has 0 aliphatic carbocycles. The molecular formula is C15H23Cl2N3O2. The zero-order valence-electron chi connectivity index (χ0n) is 12.7. The standard InChI is InChI=1S/C15H21N3O2.2ClH/c1-12-2-5-17-10-13(12)14(19)18-8-9-20-15(11-18)3-6-16-7-4-15;;/h2,5,10,16H,3-4,6-9,11H2,1H3;2*1H. The Morgan fingerprint density at radius 2 is 2.09 bits per heavy atom. The van der Waals surface area contributed by atoms with Crippen LogP contribution in [-0.4, -0.2) is 54.2 Å². The SMILES string of the molecule is Cc1ccncc1C(=O)N1CCOC2(CCNCC2)C1.Cl.Cl. The molecule has 0 aromatic carbocycles. The molecule has 2 aliphatic rings. The fourth-order valence-corrected chi connectivity index (χ4v) is 3.06. The van der Waals surface area contributed by atoms with Gasteiger partial charge < -0.3 is 15.0 Å². The largest absolute Gasteiger partial charge is 0.371 e. The molecule has 0 radical (unpaired) electrons. The van der Waals surface area contributed by atoms with Crippen LogP contribution >= 0.6 is 24.8 Å². The highest BCUT2D eigenvalue weighted by Gasteiger charge is 2.39. The van der Waals surface area contributed by atoms with E-state index in [1.807, 2.05) is 17.9 Å². The van der Waals surface area contributed by atoms with Crippen molar-refractivity contribution in [1.82, 2.24) is 15.2 Å². The minimum Gasteiger partial charge on any atom is -0.371 e. The first kappa shape index (κ1) is 19.2. The van der Waals surface area contributed by atoms with E-state index < -0.39 is 0 Å². The second-order valence-corrected chi connectivity index (χ2v) is 5.70. The molecule has 0 saturated carbocycles. The number of carbonyl (C=O) groups is 1. The smallest absolute Gasteiger partial charge is 0.255 e. The van der Waals surface area contributed by atoms with Gasteiger partial charge >= 0.3 is 0 Å². The number of rotatable bonds is 1. The molecule has 1 N–H and O–H groups in total. The molecular weight excluding hydrogens is 325 g/mol. The maximum Gasteiger partial charge on any atom is 0.255 e. The highest BCUT2D eigenvalue weighted by atomic mass is 35.5. The van der Waals surface area contributed by atoms with Gasteiger partial charge in [-0.2, -0.15) is 0 Å². The Kier molecular flexibility index (Phi) is 7.06. The first-order chi connectivity index (χ1) is 9.70. The van der Waals surface area contributed by atoms with Gasteiger partial charge in [0.15, 0.2) is 0 Å². The lowest BCUT2D eigenvalue weighted by molar-refractivity contribution is -0.114. The molecule has 1 spiro atoms. The Morgan fingerprint density at radius 1 is 1.36 bits per heavy atom. The van der Waals surface area contributed by atoms with E-state index in [1.165, 1.54) is 0 Å². The number of pyridine rings is 1. The van der Waals surface area contributed by atoms with Crippen molar-refractivity contribution < 1.29 is 9.53 Å². The van der Waals surface area contributed by atoms with E-state index in [-0.39, 0.29) is 36.3 Å². The van der Waals surface area contributed by atoms with E-state index in [0.717, 1.165) is 31.5 Å². The predicted molar refractivity (Wildman–Crippen MR) is 90.2 cm³/mol. The first-order valence-electron chi connectivity index (χ1n) is 7.25. The highest BCUT2D eigenvalue weighted by Crippen LogP contribution is 2.28. The van der Waals surface area contributed by atoms with E-state index in [0.29, 0.717) is 25.3 Å². The molecule has 2 aliphatic heterocycles. The lowest BCUT2D eigenvalue weighted by Gasteiger charge is -2.45. The van der Waals surface area contributed by atoms with Crippen LogP contribution in [-0.2, 0) is 4.74 Å². The summed E-state index contributed by atoms with van der Waals surface area (Å²) in [4.78, 5) is 18.7. The van der Waals surface area contributed by atoms with Crippen LogP contribution in [0, 0.1) is 6.92 Å². The first-order valence-corrected chi connectivity index (χ1v) is 7.25. The summed E-state index contributed by atoms with van der Waals surface area (Å²) in [6.07, 6.45) is 5.34. The third-order valence-corrected chi connectivity index (χ3v) is 4.32. The summed E-state index contributed by atoms with van der Waals surface area (Å²) >= 11 is 0. The summed E-state index contributed by atoms with van der Waals surface area (Å²) in [6.45, 7) is 5.88. The van der Waals surface area contributed by atoms with Crippen LogP contribution in [0.3, 0.4) is 0 Å². The molecule has 3 rings (SSSR count). The van der Waals surface area contributed by atoms with E-state index in [1.54, 1.807) is 12.4 Å². The Bertz CT molecular complexity index is 502. The number of piperidine rings is 1. The molecule has 1 aromatic heterocycles. The Labute approximate surface area is 143 Å². The van der Waals surface area contributed by atoms with Gasteiger partial charge in [-0.25, -0.2) is 0 Å². The van der Waals surface area contributed by atoms with E-state index >= 15 is 0 Å². The zero-order valence-corrected chi connectivity index (χ0v) is 14.3. The minimum absolute atomic E-state index is 0. The van der Waals surface area contributed by atoms with Crippen molar-refractivity contribution >= 4 is 30.7 Å². The van der Waals surface area contributed by atoms with Gasteiger partial charge in [-0.3, -0.25) is 9.78 Å². The van der Waals surface area contributed by atoms with E-state index in [4.69, 9.17) is 4.74 Å². The molecule has 2 saturated heterocycles. The number of hydrogen-bond donors (Lipinski definition) is 1. The quantitative estimate of drug-likeness (QED) is 0.841. The normalized spacial score (nSPS) is 20.0. The molecule has 1 aromatic rings. The highest BCUT2D eigenvalue weighted by molar-refractivity contribution is 5.95. The van der Waals surface area contributed by atoms with Crippen molar-refractivity contribution in [2.45, 2.75) is 25.4 Å². The molecule has 1 amide bonds. The third kappa shape index (κ3) is 3.90. The Balaban J connectivity index is 0.00000121. The molecule has 3 heterocycles. The van der Waals surface area contributed by atoms with Gasteiger partial charge in [0.1, 0.15) is 0 Å². The summed E-state index contributed by atoms with van der Waals surface area (Å²) in [6, 6.07) is 1.88. The molecule has 5 nitrogen and oxygen atoms in total. The van der Waals surface area contributed by atoms with Crippen LogP contribution in [0.4, 0.5) is 0 Å². The van der Waals surface area contributed by atoms with Crippen LogP contribution in [0.5, 0.6) is 0 Å². The van der Waals surface area contributed by atoms with Crippen LogP contribution in [0.25, 0.3) is 0 Å². The summed E-state index contributed by atoms with van der Waals surface area (Å²) in [5, 5.41) is 3.35. The summed E-state index contributed by atoms with van der Waals surface area (Å²) in [7, 11) is 0. The summed E-state index contributed by atoms with van der Waals surface area (Å²) in [5.41, 5.74) is 1.55. The van der Waals surface area contributed by atoms with E-state index in [9.17, 15) is 4.79 Å². The lowest BCUT2D eigenvalue weighted by atomic mass is 9.90.